The molecular formula is C24H13Cl2N5O3S. The van der Waals surface area contributed by atoms with E-state index in [9.17, 15) is 9.59 Å². The first-order valence-corrected chi connectivity index (χ1v) is 11.6. The molecule has 5 rings (SSSR count). The van der Waals surface area contributed by atoms with Crippen molar-refractivity contribution < 1.29 is 14.3 Å². The number of fused-ring (bicyclic) bond motifs is 1. The van der Waals surface area contributed by atoms with Crippen molar-refractivity contribution >= 4 is 69.0 Å². The molecule has 0 radical (unpaired) electrons. The van der Waals surface area contributed by atoms with E-state index in [1.165, 1.54) is 35.0 Å². The number of benzene rings is 2. The monoisotopic (exact) mass is 521 g/mol. The molecule has 8 nitrogen and oxygen atoms in total. The van der Waals surface area contributed by atoms with Gasteiger partial charge in [0, 0.05) is 23.0 Å². The molecule has 172 valence electrons. The third-order valence-corrected chi connectivity index (χ3v) is 6.42. The second-order valence-corrected chi connectivity index (χ2v) is 9.05. The van der Waals surface area contributed by atoms with Crippen LogP contribution in [0.5, 0.6) is 5.75 Å². The molecule has 11 heteroatoms. The number of amides is 1. The Kier molecular flexibility index (Phi) is 6.21. The topological polar surface area (TPSA) is 108 Å². The van der Waals surface area contributed by atoms with Gasteiger partial charge >= 0.3 is 5.97 Å². The van der Waals surface area contributed by atoms with E-state index in [1.807, 2.05) is 6.07 Å². The van der Waals surface area contributed by atoms with Crippen LogP contribution < -0.4 is 4.74 Å². The Morgan fingerprint density at radius 2 is 1.91 bits per heavy atom. The highest BCUT2D eigenvalue weighted by molar-refractivity contribution is 8.27. The van der Waals surface area contributed by atoms with Gasteiger partial charge in [0.05, 0.1) is 16.2 Å². The van der Waals surface area contributed by atoms with Gasteiger partial charge in [0.1, 0.15) is 10.8 Å². The Morgan fingerprint density at radius 1 is 1.11 bits per heavy atom. The number of nitrogens with one attached hydrogen (secondary N) is 1. The van der Waals surface area contributed by atoms with E-state index in [4.69, 9.17) is 33.3 Å². The third-order valence-electron chi connectivity index (χ3n) is 4.91. The van der Waals surface area contributed by atoms with Crippen molar-refractivity contribution in [2.24, 2.45) is 10.1 Å². The molecule has 2 aliphatic heterocycles. The van der Waals surface area contributed by atoms with E-state index in [2.05, 4.69) is 15.1 Å². The van der Waals surface area contributed by atoms with Crippen LogP contribution in [0.4, 0.5) is 0 Å². The molecule has 1 aromatic heterocycles. The second kappa shape index (κ2) is 9.46. The number of ether oxygens (including phenoxy) is 1. The summed E-state index contributed by atoms with van der Waals surface area (Å²) in [6, 6.07) is 14.5. The Hall–Kier alpha value is -3.79. The van der Waals surface area contributed by atoms with E-state index < -0.39 is 11.9 Å². The lowest BCUT2D eigenvalue weighted by Gasteiger charge is -2.20. The average molecular weight is 522 g/mol. The number of esters is 1. The summed E-state index contributed by atoms with van der Waals surface area (Å²) < 4.78 is 5.37. The molecule has 3 aromatic rings. The normalized spacial score (nSPS) is 16.2. The van der Waals surface area contributed by atoms with E-state index >= 15 is 0 Å². The Balaban J connectivity index is 1.37. The summed E-state index contributed by atoms with van der Waals surface area (Å²) in [6.45, 7) is 0. The fraction of sp³-hybridized carbons (Fsp3) is 0. The molecule has 35 heavy (non-hydrogen) atoms. The summed E-state index contributed by atoms with van der Waals surface area (Å²) in [7, 11) is 0. The second-order valence-electron chi connectivity index (χ2n) is 7.25. The van der Waals surface area contributed by atoms with E-state index in [0.717, 1.165) is 5.56 Å². The molecule has 0 atom stereocenters. The molecule has 2 aromatic carbocycles. The number of aromatic nitrogens is 1. The number of nitrogens with zero attached hydrogens (tertiary/aromatic N) is 4. The number of hydrogen-bond donors (Lipinski definition) is 1. The lowest BCUT2D eigenvalue weighted by atomic mass is 10.1. The molecule has 1 N–H and O–H groups in total. The number of carbonyl (C=O) groups is 2. The fourth-order valence-corrected chi connectivity index (χ4v) is 4.43. The van der Waals surface area contributed by atoms with E-state index in [1.54, 1.807) is 48.8 Å². The summed E-state index contributed by atoms with van der Waals surface area (Å²) in [5, 5.41) is 15.8. The Labute approximate surface area is 213 Å². The van der Waals surface area contributed by atoms with Crippen molar-refractivity contribution in [2.45, 2.75) is 0 Å². The van der Waals surface area contributed by atoms with Crippen LogP contribution in [0.2, 0.25) is 10.0 Å². The molecule has 3 heterocycles. The van der Waals surface area contributed by atoms with Gasteiger partial charge < -0.3 is 4.74 Å². The number of hydrogen-bond acceptors (Lipinski definition) is 7. The van der Waals surface area contributed by atoms with Gasteiger partial charge in [-0.1, -0.05) is 29.3 Å². The van der Waals surface area contributed by atoms with E-state index in [0.29, 0.717) is 26.4 Å². The van der Waals surface area contributed by atoms with Crippen LogP contribution in [0.1, 0.15) is 21.5 Å². The smallest absolute Gasteiger partial charge is 0.343 e. The van der Waals surface area contributed by atoms with Gasteiger partial charge in [0.15, 0.2) is 5.84 Å². The standard InChI is InChI=1S/C24H13Cl2N5O3S/c25-16-6-4-14(5-7-16)23(33)34-19-8-3-13(11-18(19)26)10-17-20(27)31-24(29-21(17)32)35-22(30-31)15-2-1-9-28-12-15/h1-12,27H. The number of pyridine rings is 1. The van der Waals surface area contributed by atoms with E-state index in [-0.39, 0.29) is 22.2 Å². The lowest BCUT2D eigenvalue weighted by molar-refractivity contribution is -0.114. The van der Waals surface area contributed by atoms with Crippen molar-refractivity contribution in [3.05, 3.63) is 99.3 Å². The molecule has 1 amide bonds. The summed E-state index contributed by atoms with van der Waals surface area (Å²) in [5.41, 5.74) is 1.65. The maximum Gasteiger partial charge on any atom is 0.343 e. The summed E-state index contributed by atoms with van der Waals surface area (Å²) in [6.07, 6.45) is 4.79. The maximum atomic E-state index is 12.7. The largest absolute Gasteiger partial charge is 0.421 e. The third kappa shape index (κ3) is 4.74. The minimum atomic E-state index is -0.588. The van der Waals surface area contributed by atoms with Gasteiger partial charge in [-0.25, -0.2) is 4.79 Å². The van der Waals surface area contributed by atoms with Gasteiger partial charge in [0.2, 0.25) is 5.17 Å². The molecule has 0 saturated carbocycles. The van der Waals surface area contributed by atoms with Crippen LogP contribution in [-0.4, -0.2) is 37.9 Å². The predicted molar refractivity (Wildman–Crippen MR) is 136 cm³/mol. The number of hydrazone groups is 1. The molecule has 0 aliphatic carbocycles. The molecule has 0 unspecified atom stereocenters. The fourth-order valence-electron chi connectivity index (χ4n) is 3.20. The average Bonchev–Trinajstić information content (AvgIpc) is 3.28. The number of halogens is 2. The van der Waals surface area contributed by atoms with Crippen molar-refractivity contribution in [3.63, 3.8) is 0 Å². The van der Waals surface area contributed by atoms with Gasteiger partial charge in [-0.05, 0) is 71.9 Å². The Morgan fingerprint density at radius 3 is 2.63 bits per heavy atom. The maximum absolute atomic E-state index is 12.7. The van der Waals surface area contributed by atoms with Crippen LogP contribution in [0.15, 0.2) is 82.7 Å². The van der Waals surface area contributed by atoms with Gasteiger partial charge in [-0.2, -0.15) is 15.1 Å². The van der Waals surface area contributed by atoms with Crippen LogP contribution in [0, 0.1) is 5.41 Å². The van der Waals surface area contributed by atoms with Crippen molar-refractivity contribution in [1.82, 2.24) is 9.99 Å². The van der Waals surface area contributed by atoms with Crippen molar-refractivity contribution in [3.8, 4) is 5.75 Å². The number of aliphatic imine (C=N–C) groups is 1. The van der Waals surface area contributed by atoms with Crippen LogP contribution in [0.25, 0.3) is 6.08 Å². The van der Waals surface area contributed by atoms with Crippen molar-refractivity contribution in [2.75, 3.05) is 0 Å². The quantitative estimate of drug-likeness (QED) is 0.284. The Bertz CT molecular complexity index is 1470. The highest BCUT2D eigenvalue weighted by Crippen LogP contribution is 2.32. The van der Waals surface area contributed by atoms with Crippen molar-refractivity contribution in [1.29, 1.82) is 5.41 Å². The van der Waals surface area contributed by atoms with Gasteiger partial charge in [0.25, 0.3) is 5.91 Å². The zero-order valence-electron chi connectivity index (χ0n) is 17.6. The molecule has 0 fully saturated rings. The summed E-state index contributed by atoms with van der Waals surface area (Å²) in [5.74, 6) is -1.11. The first-order chi connectivity index (χ1) is 16.9. The van der Waals surface area contributed by atoms with Gasteiger partial charge in [-0.3, -0.25) is 15.2 Å². The van der Waals surface area contributed by atoms with Crippen LogP contribution >= 0.6 is 35.0 Å². The van der Waals surface area contributed by atoms with Crippen LogP contribution in [-0.2, 0) is 4.79 Å². The molecule has 0 saturated heterocycles. The molecule has 0 bridgehead atoms. The first-order valence-electron chi connectivity index (χ1n) is 10.1. The summed E-state index contributed by atoms with van der Waals surface area (Å²) >= 11 is 13.4. The lowest BCUT2D eigenvalue weighted by Crippen LogP contribution is -2.35. The first kappa shape index (κ1) is 23.0. The minimum absolute atomic E-state index is 0.0486. The number of rotatable bonds is 4. The zero-order chi connectivity index (χ0) is 24.5. The number of carbonyl (C=O) groups excluding carboxylic acids is 2. The van der Waals surface area contributed by atoms with Gasteiger partial charge in [-0.15, -0.1) is 0 Å². The number of thioether (sulfide) groups is 1. The predicted octanol–water partition coefficient (Wildman–Crippen LogP) is 5.28. The molecule has 0 spiro atoms. The highest BCUT2D eigenvalue weighted by Gasteiger charge is 2.36. The molecular weight excluding hydrogens is 509 g/mol. The summed E-state index contributed by atoms with van der Waals surface area (Å²) in [4.78, 5) is 33.2. The molecule has 2 aliphatic rings. The zero-order valence-corrected chi connectivity index (χ0v) is 19.9. The minimum Gasteiger partial charge on any atom is -0.421 e. The van der Waals surface area contributed by atoms with Crippen LogP contribution in [0.3, 0.4) is 0 Å². The number of amidine groups is 2. The SMILES string of the molecule is N=C1C(=Cc2ccc(OC(=O)c3ccc(Cl)cc3)c(Cl)c2)C(=O)N=C2SC(c3cccnc3)=NN12. The highest BCUT2D eigenvalue weighted by atomic mass is 35.5.